The highest BCUT2D eigenvalue weighted by molar-refractivity contribution is 5.83. The van der Waals surface area contributed by atoms with Gasteiger partial charge in [0.2, 0.25) is 0 Å². The number of fused-ring (bicyclic) bond motifs is 1. The van der Waals surface area contributed by atoms with Gasteiger partial charge in [-0.15, -0.1) is 0 Å². The Kier molecular flexibility index (Phi) is 6.22. The predicted molar refractivity (Wildman–Crippen MR) is 111 cm³/mol. The largest absolute Gasteiger partial charge is 0.493 e. The molecule has 2 fully saturated rings. The fourth-order valence-electron chi connectivity index (χ4n) is 4.28. The third-order valence-electron chi connectivity index (χ3n) is 6.01. The Hall–Kier alpha value is -1.69. The molecule has 1 aromatic carbocycles. The summed E-state index contributed by atoms with van der Waals surface area (Å²) < 4.78 is 6.02. The van der Waals surface area contributed by atoms with Crippen molar-refractivity contribution in [3.63, 3.8) is 0 Å². The van der Waals surface area contributed by atoms with Crippen molar-refractivity contribution in [3.8, 4) is 5.75 Å². The monoisotopic (exact) mass is 368 g/mol. The molecule has 146 valence electrons. The van der Waals surface area contributed by atoms with Gasteiger partial charge in [0.1, 0.15) is 5.75 Å². The number of benzene rings is 1. The number of nitrogens with zero attached hydrogens (tertiary/aromatic N) is 3. The Bertz CT molecular complexity index is 736. The van der Waals surface area contributed by atoms with E-state index < -0.39 is 0 Å². The number of ether oxygens (including phenoxy) is 1. The smallest absolute Gasteiger partial charge is 0.121 e. The maximum Gasteiger partial charge on any atom is 0.121 e. The van der Waals surface area contributed by atoms with Crippen LogP contribution in [0.2, 0.25) is 0 Å². The van der Waals surface area contributed by atoms with E-state index in [1.807, 2.05) is 6.20 Å². The fraction of sp³-hybridized carbons (Fsp3) is 0.591. The van der Waals surface area contributed by atoms with Crippen LogP contribution in [0.1, 0.15) is 30.7 Å². The zero-order valence-electron chi connectivity index (χ0n) is 16.5. The lowest BCUT2D eigenvalue weighted by atomic mass is 9.88. The highest BCUT2D eigenvalue weighted by Gasteiger charge is 2.18. The summed E-state index contributed by atoms with van der Waals surface area (Å²) in [6, 6.07) is 8.63. The molecular formula is C22H32N4O. The maximum atomic E-state index is 6.02. The molecule has 2 aliphatic heterocycles. The number of piperazine rings is 1. The zero-order chi connectivity index (χ0) is 18.5. The molecule has 0 unspecified atom stereocenters. The highest BCUT2D eigenvalue weighted by Crippen LogP contribution is 2.31. The van der Waals surface area contributed by atoms with Gasteiger partial charge in [0.25, 0.3) is 0 Å². The number of hydrogen-bond acceptors (Lipinski definition) is 5. The van der Waals surface area contributed by atoms with Gasteiger partial charge in [-0.2, -0.15) is 0 Å². The summed E-state index contributed by atoms with van der Waals surface area (Å²) in [5, 5.41) is 4.74. The number of hydrogen-bond donors (Lipinski definition) is 1. The van der Waals surface area contributed by atoms with Crippen LogP contribution in [0.3, 0.4) is 0 Å². The van der Waals surface area contributed by atoms with E-state index in [0.29, 0.717) is 5.92 Å². The molecule has 0 spiro atoms. The standard InChI is InChI=1S/C22H32N4O/c1-25-12-14-26(15-13-25)11-2-16-27-19-3-4-21-20(7-10-24-22(21)17-19)18-5-8-23-9-6-18/h3-4,7,10,17-18,23H,2,5-6,8-9,11-16H2,1H3. The summed E-state index contributed by atoms with van der Waals surface area (Å²) in [4.78, 5) is 9.53. The minimum atomic E-state index is 0.645. The number of likely N-dealkylation sites (N-methyl/N-ethyl adjacent to an activating group) is 1. The third kappa shape index (κ3) is 4.78. The van der Waals surface area contributed by atoms with Crippen molar-refractivity contribution in [2.75, 3.05) is 59.5 Å². The third-order valence-corrected chi connectivity index (χ3v) is 6.01. The van der Waals surface area contributed by atoms with Crippen LogP contribution in [0.15, 0.2) is 30.5 Å². The lowest BCUT2D eigenvalue weighted by Gasteiger charge is -2.32. The predicted octanol–water partition coefficient (Wildman–Crippen LogP) is 2.72. The number of pyridine rings is 1. The molecule has 2 saturated heterocycles. The molecule has 0 amide bonds. The second kappa shape index (κ2) is 9.00. The van der Waals surface area contributed by atoms with E-state index in [0.717, 1.165) is 43.9 Å². The zero-order valence-corrected chi connectivity index (χ0v) is 16.5. The first-order valence-corrected chi connectivity index (χ1v) is 10.4. The van der Waals surface area contributed by atoms with Gasteiger partial charge in [0.15, 0.2) is 0 Å². The quantitative estimate of drug-likeness (QED) is 0.794. The van der Waals surface area contributed by atoms with E-state index in [1.165, 1.54) is 50.0 Å². The molecule has 0 radical (unpaired) electrons. The molecule has 0 aliphatic carbocycles. The lowest BCUT2D eigenvalue weighted by molar-refractivity contribution is 0.145. The van der Waals surface area contributed by atoms with Crippen LogP contribution in [-0.2, 0) is 0 Å². The van der Waals surface area contributed by atoms with Gasteiger partial charge >= 0.3 is 0 Å². The second-order valence-corrected chi connectivity index (χ2v) is 7.95. The molecule has 5 nitrogen and oxygen atoms in total. The van der Waals surface area contributed by atoms with Crippen molar-refractivity contribution in [2.24, 2.45) is 0 Å². The van der Waals surface area contributed by atoms with Crippen LogP contribution in [-0.4, -0.2) is 74.3 Å². The van der Waals surface area contributed by atoms with Gasteiger partial charge in [-0.25, -0.2) is 0 Å². The average Bonchev–Trinajstić information content (AvgIpc) is 2.72. The van der Waals surface area contributed by atoms with Crippen molar-refractivity contribution in [1.29, 1.82) is 0 Å². The van der Waals surface area contributed by atoms with Crippen LogP contribution in [0.4, 0.5) is 0 Å². The number of rotatable bonds is 6. The molecule has 3 heterocycles. The van der Waals surface area contributed by atoms with E-state index >= 15 is 0 Å². The van der Waals surface area contributed by atoms with Gasteiger partial charge in [0, 0.05) is 50.4 Å². The van der Waals surface area contributed by atoms with E-state index in [9.17, 15) is 0 Å². The van der Waals surface area contributed by atoms with E-state index in [-0.39, 0.29) is 0 Å². The van der Waals surface area contributed by atoms with Gasteiger partial charge in [0.05, 0.1) is 12.1 Å². The Morgan fingerprint density at radius 1 is 1.11 bits per heavy atom. The minimum Gasteiger partial charge on any atom is -0.493 e. The molecule has 1 N–H and O–H groups in total. The molecule has 1 aromatic heterocycles. The topological polar surface area (TPSA) is 40.6 Å². The highest BCUT2D eigenvalue weighted by atomic mass is 16.5. The molecule has 4 rings (SSSR count). The maximum absolute atomic E-state index is 6.02. The molecule has 2 aromatic rings. The van der Waals surface area contributed by atoms with Crippen molar-refractivity contribution >= 4 is 10.9 Å². The Labute approximate surface area is 162 Å². The molecule has 2 aliphatic rings. The number of nitrogens with one attached hydrogen (secondary N) is 1. The summed E-state index contributed by atoms with van der Waals surface area (Å²) in [5.74, 6) is 1.59. The summed E-state index contributed by atoms with van der Waals surface area (Å²) in [7, 11) is 2.20. The van der Waals surface area contributed by atoms with Crippen molar-refractivity contribution in [1.82, 2.24) is 20.1 Å². The van der Waals surface area contributed by atoms with Crippen LogP contribution in [0, 0.1) is 0 Å². The Morgan fingerprint density at radius 2 is 1.93 bits per heavy atom. The van der Waals surface area contributed by atoms with Crippen molar-refractivity contribution in [3.05, 3.63) is 36.0 Å². The fourth-order valence-corrected chi connectivity index (χ4v) is 4.28. The van der Waals surface area contributed by atoms with E-state index in [1.54, 1.807) is 0 Å². The van der Waals surface area contributed by atoms with Crippen LogP contribution in [0.25, 0.3) is 10.9 Å². The Balaban J connectivity index is 1.33. The first-order valence-electron chi connectivity index (χ1n) is 10.4. The molecule has 0 saturated carbocycles. The van der Waals surface area contributed by atoms with Gasteiger partial charge < -0.3 is 19.9 Å². The molecule has 0 atom stereocenters. The summed E-state index contributed by atoms with van der Waals surface area (Å²) in [5.41, 5.74) is 2.51. The summed E-state index contributed by atoms with van der Waals surface area (Å²) >= 11 is 0. The van der Waals surface area contributed by atoms with Gasteiger partial charge in [-0.1, -0.05) is 0 Å². The first-order chi connectivity index (χ1) is 13.3. The lowest BCUT2D eigenvalue weighted by Crippen LogP contribution is -2.44. The average molecular weight is 369 g/mol. The van der Waals surface area contributed by atoms with Crippen LogP contribution >= 0.6 is 0 Å². The summed E-state index contributed by atoms with van der Waals surface area (Å²) in [6.45, 7) is 8.83. The van der Waals surface area contributed by atoms with Crippen molar-refractivity contribution in [2.45, 2.75) is 25.2 Å². The van der Waals surface area contributed by atoms with Gasteiger partial charge in [-0.3, -0.25) is 4.98 Å². The molecule has 0 bridgehead atoms. The molecular weight excluding hydrogens is 336 g/mol. The summed E-state index contributed by atoms with van der Waals surface area (Å²) in [6.07, 6.45) is 5.45. The molecule has 27 heavy (non-hydrogen) atoms. The van der Waals surface area contributed by atoms with E-state index in [2.05, 4.69) is 51.4 Å². The van der Waals surface area contributed by atoms with Crippen molar-refractivity contribution < 1.29 is 4.74 Å². The van der Waals surface area contributed by atoms with Gasteiger partial charge in [-0.05, 0) is 69.1 Å². The van der Waals surface area contributed by atoms with Crippen LogP contribution in [0.5, 0.6) is 5.75 Å². The number of aromatic nitrogens is 1. The Morgan fingerprint density at radius 3 is 2.74 bits per heavy atom. The minimum absolute atomic E-state index is 0.645. The SMILES string of the molecule is CN1CCN(CCCOc2ccc3c(C4CCNCC4)ccnc3c2)CC1. The normalized spacial score (nSPS) is 20.2. The second-order valence-electron chi connectivity index (χ2n) is 7.95. The van der Waals surface area contributed by atoms with Crippen LogP contribution < -0.4 is 10.1 Å². The van der Waals surface area contributed by atoms with E-state index in [4.69, 9.17) is 4.74 Å². The first kappa shape index (κ1) is 18.7. The molecule has 5 heteroatoms. The number of piperidine rings is 1.